The minimum absolute atomic E-state index is 0.0671. The number of rotatable bonds is 13. The Morgan fingerprint density at radius 2 is 1.38 bits per heavy atom. The maximum absolute atomic E-state index is 15.6. The molecule has 0 saturated carbocycles. The normalized spacial score (nSPS) is 17.1. The molecule has 3 aromatic carbocycles. The number of piperazine rings is 1. The van der Waals surface area contributed by atoms with Crippen molar-refractivity contribution >= 4 is 64.1 Å². The van der Waals surface area contributed by atoms with Crippen LogP contribution in [0.5, 0.6) is 5.75 Å². The smallest absolute Gasteiger partial charge is 0.229 e. The zero-order valence-corrected chi connectivity index (χ0v) is 32.4. The first kappa shape index (κ1) is 39.6. The molecule has 290 valence electrons. The zero-order valence-electron chi connectivity index (χ0n) is 30.9. The zero-order chi connectivity index (χ0) is 38.9. The van der Waals surface area contributed by atoms with Crippen molar-refractivity contribution in [3.05, 3.63) is 99.9 Å². The van der Waals surface area contributed by atoms with Crippen LogP contribution in [0.3, 0.4) is 0 Å². The number of aromatic nitrogens is 2. The van der Waals surface area contributed by atoms with Crippen molar-refractivity contribution in [2.24, 2.45) is 11.8 Å². The number of carbonyl (C=O) groups excluding carboxylic acids is 3. The predicted molar refractivity (Wildman–Crippen MR) is 212 cm³/mol. The van der Waals surface area contributed by atoms with Gasteiger partial charge in [0.1, 0.15) is 5.75 Å². The first-order valence-electron chi connectivity index (χ1n) is 18.3. The van der Waals surface area contributed by atoms with Gasteiger partial charge in [0.05, 0.1) is 19.0 Å². The van der Waals surface area contributed by atoms with E-state index in [1.165, 1.54) is 0 Å². The molecule has 2 aliphatic rings. The lowest BCUT2D eigenvalue weighted by atomic mass is 9.84. The van der Waals surface area contributed by atoms with Crippen LogP contribution in [0.2, 0.25) is 10.0 Å². The van der Waals surface area contributed by atoms with Crippen molar-refractivity contribution in [1.82, 2.24) is 25.5 Å². The molecule has 0 radical (unpaired) electrons. The highest BCUT2D eigenvalue weighted by Gasteiger charge is 2.32. The number of nitrogens with zero attached hydrogens (tertiary/aromatic N) is 5. The number of anilines is 4. The average Bonchev–Trinajstić information content (AvgIpc) is 3.18. The number of ether oxygens (including phenoxy) is 1. The minimum atomic E-state index is -0.614. The Morgan fingerprint density at radius 3 is 1.91 bits per heavy atom. The van der Waals surface area contributed by atoms with Gasteiger partial charge in [0.15, 0.2) is 11.6 Å². The van der Waals surface area contributed by atoms with Gasteiger partial charge in [-0.25, -0.2) is 9.37 Å². The SMILES string of the molecule is COc1cc(N2CCN(C(C)=O)CC2)ccc1Nc1ncc(F)c(N2C[C@H](CC(=O)NCc3ccc(Cl)cc3)C[C@H](CC(=O)NCc3ccc(Cl)cc3)C2)n1. The van der Waals surface area contributed by atoms with Crippen LogP contribution in [0.15, 0.2) is 72.9 Å². The maximum Gasteiger partial charge on any atom is 0.229 e. The molecule has 3 amide bonds. The molecular weight excluding hydrogens is 746 g/mol. The molecule has 2 atom stereocenters. The van der Waals surface area contributed by atoms with Crippen LogP contribution in [-0.4, -0.2) is 79.0 Å². The molecule has 3 heterocycles. The van der Waals surface area contributed by atoms with E-state index >= 15 is 4.39 Å². The molecule has 0 unspecified atom stereocenters. The molecule has 2 saturated heterocycles. The fourth-order valence-electron chi connectivity index (χ4n) is 7.08. The second kappa shape index (κ2) is 18.5. The van der Waals surface area contributed by atoms with E-state index in [1.807, 2.05) is 47.4 Å². The van der Waals surface area contributed by atoms with Crippen molar-refractivity contribution < 1.29 is 23.5 Å². The number of methoxy groups -OCH3 is 1. The Balaban J connectivity index is 1.15. The number of carbonyl (C=O) groups is 3. The van der Waals surface area contributed by atoms with Crippen LogP contribution in [0, 0.1) is 17.7 Å². The molecular formula is C40H45Cl2FN8O4. The van der Waals surface area contributed by atoms with Gasteiger partial charge < -0.3 is 35.4 Å². The van der Waals surface area contributed by atoms with E-state index in [-0.39, 0.29) is 54.2 Å². The molecule has 6 rings (SSSR count). The summed E-state index contributed by atoms with van der Waals surface area (Å²) in [5.41, 5.74) is 3.38. The number of piperidine rings is 1. The van der Waals surface area contributed by atoms with Crippen molar-refractivity contribution in [3.63, 3.8) is 0 Å². The first-order chi connectivity index (χ1) is 26.5. The van der Waals surface area contributed by atoms with E-state index in [0.29, 0.717) is 80.3 Å². The quantitative estimate of drug-likeness (QED) is 0.145. The van der Waals surface area contributed by atoms with Gasteiger partial charge in [-0.15, -0.1) is 0 Å². The lowest BCUT2D eigenvalue weighted by molar-refractivity contribution is -0.129. The Hall–Kier alpha value is -5.14. The summed E-state index contributed by atoms with van der Waals surface area (Å²) < 4.78 is 21.3. The number of halogens is 3. The van der Waals surface area contributed by atoms with Crippen LogP contribution in [0.4, 0.5) is 27.5 Å². The van der Waals surface area contributed by atoms with Gasteiger partial charge in [-0.3, -0.25) is 14.4 Å². The summed E-state index contributed by atoms with van der Waals surface area (Å²) in [6.45, 7) is 5.68. The minimum Gasteiger partial charge on any atom is -0.494 e. The van der Waals surface area contributed by atoms with E-state index in [9.17, 15) is 14.4 Å². The summed E-state index contributed by atoms with van der Waals surface area (Å²) in [5.74, 6) is -0.398. The van der Waals surface area contributed by atoms with Gasteiger partial charge in [-0.2, -0.15) is 4.98 Å². The number of hydrogen-bond acceptors (Lipinski definition) is 9. The summed E-state index contributed by atoms with van der Waals surface area (Å²) in [4.78, 5) is 52.8. The van der Waals surface area contributed by atoms with E-state index in [4.69, 9.17) is 27.9 Å². The number of nitrogens with one attached hydrogen (secondary N) is 3. The molecule has 0 bridgehead atoms. The summed E-state index contributed by atoms with van der Waals surface area (Å²) >= 11 is 12.0. The third kappa shape index (κ3) is 11.0. The van der Waals surface area contributed by atoms with Gasteiger partial charge in [0.2, 0.25) is 23.7 Å². The fraction of sp³-hybridized carbons (Fsp3) is 0.375. The summed E-state index contributed by atoms with van der Waals surface area (Å²) in [5, 5.41) is 10.4. The molecule has 1 aromatic heterocycles. The van der Waals surface area contributed by atoms with Gasteiger partial charge in [-0.1, -0.05) is 47.5 Å². The van der Waals surface area contributed by atoms with Crippen LogP contribution in [0.1, 0.15) is 37.3 Å². The van der Waals surface area contributed by atoms with Gasteiger partial charge in [0.25, 0.3) is 0 Å². The van der Waals surface area contributed by atoms with Gasteiger partial charge in [-0.05, 0) is 65.8 Å². The second-order valence-electron chi connectivity index (χ2n) is 14.0. The molecule has 2 fully saturated rings. The van der Waals surface area contributed by atoms with Gasteiger partial charge in [0, 0.05) is 93.9 Å². The molecule has 0 aliphatic carbocycles. The molecule has 0 spiro atoms. The number of benzene rings is 3. The van der Waals surface area contributed by atoms with Crippen molar-refractivity contribution in [2.45, 2.75) is 39.3 Å². The Kier molecular flexibility index (Phi) is 13.3. The van der Waals surface area contributed by atoms with Crippen LogP contribution in [0.25, 0.3) is 0 Å². The Labute approximate surface area is 330 Å². The number of hydrogen-bond donors (Lipinski definition) is 3. The molecule has 2 aliphatic heterocycles. The summed E-state index contributed by atoms with van der Waals surface area (Å²) in [7, 11) is 1.57. The molecule has 3 N–H and O–H groups in total. The third-order valence-electron chi connectivity index (χ3n) is 9.92. The van der Waals surface area contributed by atoms with Crippen LogP contribution >= 0.6 is 23.2 Å². The van der Waals surface area contributed by atoms with Crippen molar-refractivity contribution in [3.8, 4) is 5.75 Å². The van der Waals surface area contributed by atoms with Crippen molar-refractivity contribution in [2.75, 3.05) is 61.5 Å². The lowest BCUT2D eigenvalue weighted by Crippen LogP contribution is -2.48. The Morgan fingerprint density at radius 1 is 0.818 bits per heavy atom. The molecule has 55 heavy (non-hydrogen) atoms. The largest absolute Gasteiger partial charge is 0.494 e. The monoisotopic (exact) mass is 790 g/mol. The van der Waals surface area contributed by atoms with E-state index < -0.39 is 5.82 Å². The molecule has 15 heteroatoms. The lowest BCUT2D eigenvalue weighted by Gasteiger charge is -2.38. The second-order valence-corrected chi connectivity index (χ2v) is 14.8. The summed E-state index contributed by atoms with van der Waals surface area (Å²) in [6, 6.07) is 20.2. The topological polar surface area (TPSA) is 132 Å². The molecule has 12 nitrogen and oxygen atoms in total. The van der Waals surface area contributed by atoms with E-state index in [0.717, 1.165) is 23.0 Å². The van der Waals surface area contributed by atoms with E-state index in [1.54, 1.807) is 43.2 Å². The standard InChI is InChI=1S/C40H45Cl2FN8O4/c1-26(52)49-13-15-50(16-14-49)33-11-12-35(36(20-33)55-2)47-40-46-23-34(43)39(48-40)51-24-29(18-37(53)44-21-27-3-7-31(41)8-4-27)17-30(25-51)19-38(54)45-22-28-5-9-32(42)10-6-28/h3-12,20,23,29-30H,13-19,21-22,24-25H2,1-2H3,(H,44,53)(H,45,54)(H,46,47,48)/t29-,30+. The highest BCUT2D eigenvalue weighted by molar-refractivity contribution is 6.30. The highest BCUT2D eigenvalue weighted by Crippen LogP contribution is 2.34. The maximum atomic E-state index is 15.6. The van der Waals surface area contributed by atoms with E-state index in [2.05, 4.69) is 30.8 Å². The number of amides is 3. The predicted octanol–water partition coefficient (Wildman–Crippen LogP) is 6.20. The average molecular weight is 792 g/mol. The van der Waals surface area contributed by atoms with Crippen molar-refractivity contribution in [1.29, 1.82) is 0 Å². The highest BCUT2D eigenvalue weighted by atomic mass is 35.5. The van der Waals surface area contributed by atoms with Crippen LogP contribution in [-0.2, 0) is 27.5 Å². The van der Waals surface area contributed by atoms with Crippen LogP contribution < -0.4 is 30.5 Å². The third-order valence-corrected chi connectivity index (χ3v) is 10.4. The summed E-state index contributed by atoms with van der Waals surface area (Å²) in [6.07, 6.45) is 2.11. The first-order valence-corrected chi connectivity index (χ1v) is 19.0. The van der Waals surface area contributed by atoms with Gasteiger partial charge >= 0.3 is 0 Å². The fourth-order valence-corrected chi connectivity index (χ4v) is 7.33. The molecule has 4 aromatic rings. The Bertz CT molecular complexity index is 1890.